The van der Waals surface area contributed by atoms with Crippen molar-refractivity contribution in [1.29, 1.82) is 0 Å². The van der Waals surface area contributed by atoms with E-state index in [-0.39, 0.29) is 0 Å². The number of alkyl halides is 3. The average Bonchev–Trinajstić information content (AvgIpc) is 3.39. The van der Waals surface area contributed by atoms with Crippen molar-refractivity contribution in [1.82, 2.24) is 14.8 Å². The first kappa shape index (κ1) is 18.9. The maximum atomic E-state index is 12.7. The van der Waals surface area contributed by atoms with Crippen molar-refractivity contribution in [3.8, 4) is 10.6 Å². The Morgan fingerprint density at radius 1 is 1.04 bits per heavy atom. The Morgan fingerprint density at radius 3 is 2.48 bits per heavy atom. The van der Waals surface area contributed by atoms with Crippen molar-refractivity contribution in [3.05, 3.63) is 40.9 Å². The average molecular weight is 395 g/mol. The molecule has 1 atom stereocenters. The zero-order valence-electron chi connectivity index (χ0n) is 15.2. The number of aromatic nitrogens is 1. The largest absolute Gasteiger partial charge is 0.416 e. The Morgan fingerprint density at radius 2 is 1.78 bits per heavy atom. The molecule has 1 aromatic carbocycles. The van der Waals surface area contributed by atoms with Gasteiger partial charge in [0.15, 0.2) is 0 Å². The molecule has 0 saturated carbocycles. The summed E-state index contributed by atoms with van der Waals surface area (Å²) in [5.74, 6) is 0. The van der Waals surface area contributed by atoms with Crippen LogP contribution in [0.5, 0.6) is 0 Å². The number of halogens is 3. The summed E-state index contributed by atoms with van der Waals surface area (Å²) in [6.07, 6.45) is 0.804. The number of nitrogens with zero attached hydrogens (tertiary/aromatic N) is 3. The summed E-state index contributed by atoms with van der Waals surface area (Å²) in [6.45, 7) is 5.52. The molecule has 2 aliphatic heterocycles. The van der Waals surface area contributed by atoms with Crippen LogP contribution in [0.1, 0.15) is 36.9 Å². The zero-order valence-corrected chi connectivity index (χ0v) is 16.0. The van der Waals surface area contributed by atoms with Crippen molar-refractivity contribution in [3.63, 3.8) is 0 Å². The molecule has 1 unspecified atom stereocenters. The van der Waals surface area contributed by atoms with Gasteiger partial charge in [0.25, 0.3) is 0 Å². The van der Waals surface area contributed by atoms with E-state index in [4.69, 9.17) is 0 Å². The van der Waals surface area contributed by atoms with Crippen LogP contribution in [-0.2, 0) is 12.7 Å². The fourth-order valence-electron chi connectivity index (χ4n) is 4.10. The highest BCUT2D eigenvalue weighted by molar-refractivity contribution is 7.13. The molecule has 1 aromatic heterocycles. The van der Waals surface area contributed by atoms with Crippen LogP contribution in [0.3, 0.4) is 0 Å². The highest BCUT2D eigenvalue weighted by Crippen LogP contribution is 2.32. The lowest BCUT2D eigenvalue weighted by Crippen LogP contribution is -2.38. The molecule has 2 aliphatic rings. The Kier molecular flexibility index (Phi) is 5.53. The van der Waals surface area contributed by atoms with Gasteiger partial charge in [-0.3, -0.25) is 4.90 Å². The fourth-order valence-corrected chi connectivity index (χ4v) is 4.91. The lowest BCUT2D eigenvalue weighted by Gasteiger charge is -2.27. The van der Waals surface area contributed by atoms with E-state index >= 15 is 0 Å². The van der Waals surface area contributed by atoms with Gasteiger partial charge in [0.1, 0.15) is 5.01 Å². The van der Waals surface area contributed by atoms with Gasteiger partial charge >= 0.3 is 6.18 Å². The minimum absolute atomic E-state index is 0.597. The molecule has 7 heteroatoms. The van der Waals surface area contributed by atoms with Crippen LogP contribution in [0, 0.1) is 0 Å². The number of rotatable bonds is 5. The first-order chi connectivity index (χ1) is 13.0. The third-order valence-corrected chi connectivity index (χ3v) is 6.48. The molecule has 0 bridgehead atoms. The van der Waals surface area contributed by atoms with Gasteiger partial charge in [-0.05, 0) is 57.5 Å². The van der Waals surface area contributed by atoms with E-state index in [1.165, 1.54) is 62.2 Å². The molecule has 2 saturated heterocycles. The Bertz CT molecular complexity index is 751. The van der Waals surface area contributed by atoms with Gasteiger partial charge in [0, 0.05) is 30.1 Å². The number of hydrogen-bond acceptors (Lipinski definition) is 4. The van der Waals surface area contributed by atoms with Crippen LogP contribution in [0.25, 0.3) is 10.6 Å². The molecule has 0 N–H and O–H groups in total. The van der Waals surface area contributed by atoms with Gasteiger partial charge in [-0.1, -0.05) is 12.1 Å². The monoisotopic (exact) mass is 395 g/mol. The second-order valence-corrected chi connectivity index (χ2v) is 8.35. The van der Waals surface area contributed by atoms with Crippen molar-refractivity contribution < 1.29 is 13.2 Å². The van der Waals surface area contributed by atoms with Crippen LogP contribution < -0.4 is 0 Å². The van der Waals surface area contributed by atoms with Crippen molar-refractivity contribution in [2.45, 2.75) is 44.4 Å². The van der Waals surface area contributed by atoms with Gasteiger partial charge in [0.05, 0.1) is 11.3 Å². The molecular formula is C20H24F3N3S. The molecule has 0 spiro atoms. The molecule has 0 radical (unpaired) electrons. The minimum atomic E-state index is -4.30. The maximum Gasteiger partial charge on any atom is 0.416 e. The van der Waals surface area contributed by atoms with E-state index in [2.05, 4.69) is 14.8 Å². The summed E-state index contributed by atoms with van der Waals surface area (Å²) < 4.78 is 38.1. The van der Waals surface area contributed by atoms with E-state index < -0.39 is 11.7 Å². The number of hydrogen-bond donors (Lipinski definition) is 0. The smallest absolute Gasteiger partial charge is 0.302 e. The van der Waals surface area contributed by atoms with Crippen molar-refractivity contribution in [2.75, 3.05) is 26.2 Å². The zero-order chi connectivity index (χ0) is 18.9. The van der Waals surface area contributed by atoms with Gasteiger partial charge in [-0.2, -0.15) is 13.2 Å². The predicted molar refractivity (Wildman–Crippen MR) is 102 cm³/mol. The molecule has 146 valence electrons. The van der Waals surface area contributed by atoms with E-state index in [0.29, 0.717) is 6.04 Å². The lowest BCUT2D eigenvalue weighted by molar-refractivity contribution is -0.137. The van der Waals surface area contributed by atoms with E-state index in [1.54, 1.807) is 0 Å². The molecule has 0 amide bonds. The summed E-state index contributed by atoms with van der Waals surface area (Å²) in [7, 11) is 0. The second-order valence-electron chi connectivity index (χ2n) is 7.49. The minimum Gasteiger partial charge on any atom is -0.302 e. The molecule has 27 heavy (non-hydrogen) atoms. The first-order valence-electron chi connectivity index (χ1n) is 9.57. The summed E-state index contributed by atoms with van der Waals surface area (Å²) >= 11 is 1.50. The van der Waals surface area contributed by atoms with Gasteiger partial charge in [-0.15, -0.1) is 11.3 Å². The number of benzene rings is 1. The summed E-state index contributed by atoms with van der Waals surface area (Å²) in [5.41, 5.74) is 1.14. The molecule has 2 fully saturated rings. The second kappa shape index (κ2) is 7.89. The van der Waals surface area contributed by atoms with E-state index in [9.17, 15) is 13.2 Å². The SMILES string of the molecule is FC(F)(F)c1ccc(-c2nc(CN3CCCC3CN3CCCC3)cs2)cc1. The van der Waals surface area contributed by atoms with E-state index in [1.807, 2.05) is 5.38 Å². The van der Waals surface area contributed by atoms with E-state index in [0.717, 1.165) is 48.0 Å². The maximum absolute atomic E-state index is 12.7. The van der Waals surface area contributed by atoms with Crippen LogP contribution in [-0.4, -0.2) is 47.0 Å². The van der Waals surface area contributed by atoms with Crippen LogP contribution >= 0.6 is 11.3 Å². The van der Waals surface area contributed by atoms with Crippen LogP contribution in [0.4, 0.5) is 13.2 Å². The normalized spacial score (nSPS) is 22.0. The van der Waals surface area contributed by atoms with Gasteiger partial charge in [0.2, 0.25) is 0 Å². The summed E-state index contributed by atoms with van der Waals surface area (Å²) in [5, 5.41) is 2.83. The summed E-state index contributed by atoms with van der Waals surface area (Å²) in [4.78, 5) is 9.77. The molecule has 4 rings (SSSR count). The van der Waals surface area contributed by atoms with Crippen LogP contribution in [0.2, 0.25) is 0 Å². The Hall–Kier alpha value is -1.44. The molecule has 3 nitrogen and oxygen atoms in total. The quantitative estimate of drug-likeness (QED) is 0.719. The highest BCUT2D eigenvalue weighted by Gasteiger charge is 2.30. The third kappa shape index (κ3) is 4.52. The molecular weight excluding hydrogens is 371 g/mol. The van der Waals surface area contributed by atoms with Crippen molar-refractivity contribution in [2.24, 2.45) is 0 Å². The first-order valence-corrected chi connectivity index (χ1v) is 10.5. The number of thiazole rings is 1. The Labute approximate surface area is 161 Å². The topological polar surface area (TPSA) is 19.4 Å². The lowest BCUT2D eigenvalue weighted by atomic mass is 10.1. The third-order valence-electron chi connectivity index (χ3n) is 5.54. The summed E-state index contributed by atoms with van der Waals surface area (Å²) in [6, 6.07) is 5.88. The van der Waals surface area contributed by atoms with Crippen molar-refractivity contribution >= 4 is 11.3 Å². The number of likely N-dealkylation sites (tertiary alicyclic amines) is 2. The highest BCUT2D eigenvalue weighted by atomic mass is 32.1. The molecule has 2 aromatic rings. The molecule has 0 aliphatic carbocycles. The predicted octanol–water partition coefficient (Wildman–Crippen LogP) is 4.89. The fraction of sp³-hybridized carbons (Fsp3) is 0.550. The van der Waals surface area contributed by atoms with Crippen LogP contribution in [0.15, 0.2) is 29.6 Å². The Balaban J connectivity index is 1.40. The standard InChI is InChI=1S/C20H24F3N3S/c21-20(22,23)16-7-5-15(6-8-16)19-24-17(14-27-19)12-26-11-3-4-18(26)13-25-9-1-2-10-25/h5-8,14,18H,1-4,9-13H2. The van der Waals surface area contributed by atoms with Gasteiger partial charge in [-0.25, -0.2) is 4.98 Å². The van der Waals surface area contributed by atoms with Gasteiger partial charge < -0.3 is 4.90 Å². The molecule has 3 heterocycles.